The molecule has 1 aromatic rings. The molecule has 1 unspecified atom stereocenters. The van der Waals surface area contributed by atoms with Crippen LogP contribution < -0.4 is 5.73 Å². The van der Waals surface area contributed by atoms with E-state index >= 15 is 0 Å². The zero-order chi connectivity index (χ0) is 13.4. The van der Waals surface area contributed by atoms with Gasteiger partial charge in [-0.2, -0.15) is 0 Å². The minimum atomic E-state index is 0.0646. The molecule has 0 aliphatic rings. The Morgan fingerprint density at radius 3 is 2.39 bits per heavy atom. The molecule has 0 amide bonds. The van der Waals surface area contributed by atoms with Crippen LogP contribution in [0.2, 0.25) is 0 Å². The second-order valence-corrected chi connectivity index (χ2v) is 5.49. The monoisotopic (exact) mass is 248 g/mol. The van der Waals surface area contributed by atoms with Crippen molar-refractivity contribution in [3.05, 3.63) is 35.9 Å². The van der Waals surface area contributed by atoms with Crippen LogP contribution in [0.25, 0.3) is 0 Å². The van der Waals surface area contributed by atoms with E-state index in [1.165, 1.54) is 24.8 Å². The van der Waals surface area contributed by atoms with Crippen LogP contribution in [0, 0.1) is 0 Å². The average molecular weight is 248 g/mol. The van der Waals surface area contributed by atoms with Crippen LogP contribution in [0.15, 0.2) is 30.3 Å². The summed E-state index contributed by atoms with van der Waals surface area (Å²) in [5.41, 5.74) is 7.45. The average Bonchev–Trinajstić information content (AvgIpc) is 2.40. The van der Waals surface area contributed by atoms with E-state index in [-0.39, 0.29) is 5.54 Å². The summed E-state index contributed by atoms with van der Waals surface area (Å²) in [4.78, 5) is 2.43. The zero-order valence-electron chi connectivity index (χ0n) is 12.2. The largest absolute Gasteiger partial charge is 0.329 e. The number of benzene rings is 1. The number of rotatable bonds is 8. The Kier molecular flexibility index (Phi) is 6.37. The van der Waals surface area contributed by atoms with Gasteiger partial charge in [-0.25, -0.2) is 0 Å². The van der Waals surface area contributed by atoms with Crippen LogP contribution in [0.3, 0.4) is 0 Å². The lowest BCUT2D eigenvalue weighted by Crippen LogP contribution is -2.51. The fourth-order valence-electron chi connectivity index (χ4n) is 2.27. The SMILES string of the molecule is CCCCCN(C)C(C)(CN)Cc1ccccc1. The first-order valence-electron chi connectivity index (χ1n) is 7.07. The van der Waals surface area contributed by atoms with Crippen molar-refractivity contribution in [1.29, 1.82) is 0 Å². The van der Waals surface area contributed by atoms with Gasteiger partial charge in [0, 0.05) is 12.1 Å². The lowest BCUT2D eigenvalue weighted by molar-refractivity contribution is 0.141. The second-order valence-electron chi connectivity index (χ2n) is 5.49. The minimum Gasteiger partial charge on any atom is -0.329 e. The molecule has 1 atom stereocenters. The van der Waals surface area contributed by atoms with Crippen LogP contribution in [0.1, 0.15) is 38.7 Å². The van der Waals surface area contributed by atoms with Gasteiger partial charge in [-0.15, -0.1) is 0 Å². The lowest BCUT2D eigenvalue weighted by Gasteiger charge is -2.38. The van der Waals surface area contributed by atoms with Gasteiger partial charge in [0.25, 0.3) is 0 Å². The van der Waals surface area contributed by atoms with Crippen molar-refractivity contribution in [3.63, 3.8) is 0 Å². The number of hydrogen-bond acceptors (Lipinski definition) is 2. The van der Waals surface area contributed by atoms with Crippen LogP contribution in [0.4, 0.5) is 0 Å². The first kappa shape index (κ1) is 15.2. The Morgan fingerprint density at radius 1 is 1.17 bits per heavy atom. The standard InChI is InChI=1S/C16H28N2/c1-4-5-9-12-18(3)16(2,14-17)13-15-10-7-6-8-11-15/h6-8,10-11H,4-5,9,12-14,17H2,1-3H3. The van der Waals surface area contributed by atoms with Crippen molar-refractivity contribution >= 4 is 0 Å². The third-order valence-electron chi connectivity index (χ3n) is 3.89. The molecule has 1 aromatic carbocycles. The Morgan fingerprint density at radius 2 is 1.83 bits per heavy atom. The lowest BCUT2D eigenvalue weighted by atomic mass is 9.91. The zero-order valence-corrected chi connectivity index (χ0v) is 12.2. The Labute approximate surface area is 112 Å². The highest BCUT2D eigenvalue weighted by Crippen LogP contribution is 2.19. The first-order chi connectivity index (χ1) is 8.62. The topological polar surface area (TPSA) is 29.3 Å². The third-order valence-corrected chi connectivity index (χ3v) is 3.89. The Hall–Kier alpha value is -0.860. The van der Waals surface area contributed by atoms with E-state index < -0.39 is 0 Å². The van der Waals surface area contributed by atoms with E-state index in [1.807, 2.05) is 0 Å². The highest BCUT2D eigenvalue weighted by atomic mass is 15.2. The Balaban J connectivity index is 2.60. The molecule has 0 radical (unpaired) electrons. The first-order valence-corrected chi connectivity index (χ1v) is 7.07. The predicted octanol–water partition coefficient (Wildman–Crippen LogP) is 3.07. The summed E-state index contributed by atoms with van der Waals surface area (Å²) in [6, 6.07) is 10.6. The highest BCUT2D eigenvalue weighted by Gasteiger charge is 2.27. The maximum Gasteiger partial charge on any atom is 0.0340 e. The summed E-state index contributed by atoms with van der Waals surface area (Å²) >= 11 is 0. The molecular weight excluding hydrogens is 220 g/mol. The number of hydrogen-bond donors (Lipinski definition) is 1. The normalized spacial score (nSPS) is 14.7. The molecule has 0 saturated carbocycles. The van der Waals surface area contributed by atoms with E-state index in [0.717, 1.165) is 13.0 Å². The predicted molar refractivity (Wildman–Crippen MR) is 79.8 cm³/mol. The molecule has 0 aliphatic carbocycles. The summed E-state index contributed by atoms with van der Waals surface area (Å²) in [6.07, 6.45) is 4.85. The van der Waals surface area contributed by atoms with Crippen molar-refractivity contribution in [1.82, 2.24) is 4.90 Å². The molecule has 0 aliphatic heterocycles. The van der Waals surface area contributed by atoms with Crippen LogP contribution in [0.5, 0.6) is 0 Å². The van der Waals surface area contributed by atoms with E-state index in [2.05, 4.69) is 56.1 Å². The van der Waals surface area contributed by atoms with Crippen molar-refractivity contribution in [3.8, 4) is 0 Å². The van der Waals surface area contributed by atoms with Gasteiger partial charge < -0.3 is 5.73 Å². The number of nitrogens with two attached hydrogens (primary N) is 1. The van der Waals surface area contributed by atoms with E-state index in [0.29, 0.717) is 6.54 Å². The number of likely N-dealkylation sites (N-methyl/N-ethyl adjacent to an activating group) is 1. The van der Waals surface area contributed by atoms with Crippen LogP contribution >= 0.6 is 0 Å². The fourth-order valence-corrected chi connectivity index (χ4v) is 2.27. The third kappa shape index (κ3) is 4.43. The van der Waals surface area contributed by atoms with Crippen LogP contribution in [-0.2, 0) is 6.42 Å². The van der Waals surface area contributed by atoms with Crippen molar-refractivity contribution in [2.24, 2.45) is 5.73 Å². The molecule has 0 heterocycles. The molecule has 102 valence electrons. The van der Waals surface area contributed by atoms with Crippen molar-refractivity contribution < 1.29 is 0 Å². The smallest absolute Gasteiger partial charge is 0.0340 e. The molecule has 2 N–H and O–H groups in total. The molecular formula is C16H28N2. The van der Waals surface area contributed by atoms with Crippen molar-refractivity contribution in [2.45, 2.75) is 45.1 Å². The van der Waals surface area contributed by atoms with Gasteiger partial charge in [0.1, 0.15) is 0 Å². The molecule has 0 spiro atoms. The molecule has 0 aromatic heterocycles. The van der Waals surface area contributed by atoms with Gasteiger partial charge in [0.2, 0.25) is 0 Å². The second kappa shape index (κ2) is 7.55. The molecule has 2 heteroatoms. The van der Waals surface area contributed by atoms with Gasteiger partial charge >= 0.3 is 0 Å². The summed E-state index contributed by atoms with van der Waals surface area (Å²) in [5, 5.41) is 0. The molecule has 2 nitrogen and oxygen atoms in total. The van der Waals surface area contributed by atoms with Crippen LogP contribution in [-0.4, -0.2) is 30.6 Å². The maximum atomic E-state index is 6.02. The quantitative estimate of drug-likeness (QED) is 0.716. The van der Waals surface area contributed by atoms with E-state index in [9.17, 15) is 0 Å². The summed E-state index contributed by atoms with van der Waals surface area (Å²) < 4.78 is 0. The van der Waals surface area contributed by atoms with E-state index in [1.54, 1.807) is 0 Å². The molecule has 18 heavy (non-hydrogen) atoms. The van der Waals surface area contributed by atoms with E-state index in [4.69, 9.17) is 5.73 Å². The fraction of sp³-hybridized carbons (Fsp3) is 0.625. The highest BCUT2D eigenvalue weighted by molar-refractivity contribution is 5.17. The number of unbranched alkanes of at least 4 members (excludes halogenated alkanes) is 2. The van der Waals surface area contributed by atoms with Gasteiger partial charge in [0.05, 0.1) is 0 Å². The minimum absolute atomic E-state index is 0.0646. The van der Waals surface area contributed by atoms with Crippen molar-refractivity contribution in [2.75, 3.05) is 20.1 Å². The maximum absolute atomic E-state index is 6.02. The molecule has 0 saturated heterocycles. The summed E-state index contributed by atoms with van der Waals surface area (Å²) in [7, 11) is 2.20. The van der Waals surface area contributed by atoms with Gasteiger partial charge in [0.15, 0.2) is 0 Å². The summed E-state index contributed by atoms with van der Waals surface area (Å²) in [6.45, 7) is 6.34. The van der Waals surface area contributed by atoms with Gasteiger partial charge in [-0.05, 0) is 38.9 Å². The molecule has 1 rings (SSSR count). The number of nitrogens with zero attached hydrogens (tertiary/aromatic N) is 1. The van der Waals surface area contributed by atoms with Gasteiger partial charge in [-0.1, -0.05) is 50.1 Å². The molecule has 0 fully saturated rings. The van der Waals surface area contributed by atoms with Gasteiger partial charge in [-0.3, -0.25) is 4.90 Å². The Bertz CT molecular complexity index is 323. The molecule has 0 bridgehead atoms. The summed E-state index contributed by atoms with van der Waals surface area (Å²) in [5.74, 6) is 0.